The third-order valence-corrected chi connectivity index (χ3v) is 4.09. The molecule has 2 rings (SSSR count). The van der Waals surface area contributed by atoms with Crippen molar-refractivity contribution in [3.63, 3.8) is 0 Å². The number of hydrogen-bond donors (Lipinski definition) is 0. The van der Waals surface area contributed by atoms with Crippen LogP contribution in [0.2, 0.25) is 0 Å². The molecule has 1 aromatic carbocycles. The van der Waals surface area contributed by atoms with Crippen molar-refractivity contribution in [2.45, 2.75) is 38.0 Å². The number of hydrogen-bond acceptors (Lipinski definition) is 1. The van der Waals surface area contributed by atoms with E-state index in [1.807, 2.05) is 6.07 Å². The summed E-state index contributed by atoms with van der Waals surface area (Å²) in [6.45, 7) is 2.10. The van der Waals surface area contributed by atoms with Gasteiger partial charge in [0.1, 0.15) is 5.75 Å². The summed E-state index contributed by atoms with van der Waals surface area (Å²) in [7, 11) is 1.71. The number of rotatable bonds is 3. The highest BCUT2D eigenvalue weighted by Crippen LogP contribution is 2.43. The number of alkyl halides is 1. The van der Waals surface area contributed by atoms with E-state index in [4.69, 9.17) is 16.3 Å². The fourth-order valence-corrected chi connectivity index (χ4v) is 3.00. The summed E-state index contributed by atoms with van der Waals surface area (Å²) in [6.07, 6.45) is 5.15. The second-order valence-corrected chi connectivity index (χ2v) is 5.16. The van der Waals surface area contributed by atoms with E-state index in [0.29, 0.717) is 5.92 Å². The van der Waals surface area contributed by atoms with Crippen molar-refractivity contribution in [1.29, 1.82) is 0 Å². The van der Waals surface area contributed by atoms with Gasteiger partial charge in [0, 0.05) is 5.56 Å². The highest BCUT2D eigenvalue weighted by atomic mass is 35.5. The lowest BCUT2D eigenvalue weighted by atomic mass is 9.95. The first-order valence-electron chi connectivity index (χ1n) is 6.01. The summed E-state index contributed by atoms with van der Waals surface area (Å²) in [5, 5.41) is 0.109. The average Bonchev–Trinajstić information content (AvgIpc) is 2.81. The number of benzene rings is 1. The molecule has 0 saturated heterocycles. The van der Waals surface area contributed by atoms with Crippen LogP contribution >= 0.6 is 11.6 Å². The first-order chi connectivity index (χ1) is 7.72. The SMILES string of the molecule is COc1ccc(C)cc1C(Cl)C1CCCC1. The van der Waals surface area contributed by atoms with Gasteiger partial charge in [-0.25, -0.2) is 0 Å². The molecule has 0 bridgehead atoms. The lowest BCUT2D eigenvalue weighted by Gasteiger charge is -2.20. The van der Waals surface area contributed by atoms with Crippen LogP contribution in [0, 0.1) is 12.8 Å². The van der Waals surface area contributed by atoms with Gasteiger partial charge in [-0.15, -0.1) is 11.6 Å². The minimum atomic E-state index is 0.109. The Morgan fingerprint density at radius 1 is 1.31 bits per heavy atom. The Hall–Kier alpha value is -0.690. The van der Waals surface area contributed by atoms with Crippen molar-refractivity contribution >= 4 is 11.6 Å². The Labute approximate surface area is 103 Å². The van der Waals surface area contributed by atoms with Crippen LogP contribution in [0.4, 0.5) is 0 Å². The molecule has 1 aliphatic carbocycles. The van der Waals surface area contributed by atoms with Crippen LogP contribution in [0.25, 0.3) is 0 Å². The Bertz CT molecular complexity index is 356. The molecule has 0 radical (unpaired) electrons. The normalized spacial score (nSPS) is 18.7. The van der Waals surface area contributed by atoms with Crippen molar-refractivity contribution in [2.24, 2.45) is 5.92 Å². The molecule has 1 nitrogen and oxygen atoms in total. The predicted octanol–water partition coefficient (Wildman–Crippen LogP) is 4.47. The Morgan fingerprint density at radius 2 is 2.00 bits per heavy atom. The summed E-state index contributed by atoms with van der Waals surface area (Å²) < 4.78 is 5.40. The molecule has 16 heavy (non-hydrogen) atoms. The van der Waals surface area contributed by atoms with Crippen LogP contribution in [-0.4, -0.2) is 7.11 Å². The molecular formula is C14H19ClO. The molecule has 1 aromatic rings. The van der Waals surface area contributed by atoms with Gasteiger partial charge in [-0.1, -0.05) is 30.5 Å². The summed E-state index contributed by atoms with van der Waals surface area (Å²) >= 11 is 6.59. The van der Waals surface area contributed by atoms with Crippen molar-refractivity contribution in [1.82, 2.24) is 0 Å². The third kappa shape index (κ3) is 2.35. The van der Waals surface area contributed by atoms with Crippen LogP contribution in [-0.2, 0) is 0 Å². The maximum atomic E-state index is 6.59. The summed E-state index contributed by atoms with van der Waals surface area (Å²) in [6, 6.07) is 6.25. The largest absolute Gasteiger partial charge is 0.496 e. The third-order valence-electron chi connectivity index (χ3n) is 3.50. The van der Waals surface area contributed by atoms with Crippen molar-refractivity contribution in [2.75, 3.05) is 7.11 Å². The van der Waals surface area contributed by atoms with Crippen LogP contribution in [0.3, 0.4) is 0 Å². The number of halogens is 1. The fraction of sp³-hybridized carbons (Fsp3) is 0.571. The van der Waals surface area contributed by atoms with Crippen LogP contribution in [0.1, 0.15) is 42.2 Å². The Morgan fingerprint density at radius 3 is 2.62 bits per heavy atom. The minimum Gasteiger partial charge on any atom is -0.496 e. The molecule has 0 aromatic heterocycles. The topological polar surface area (TPSA) is 9.23 Å². The van der Waals surface area contributed by atoms with E-state index in [1.165, 1.54) is 31.2 Å². The van der Waals surface area contributed by atoms with E-state index in [0.717, 1.165) is 11.3 Å². The van der Waals surface area contributed by atoms with E-state index in [9.17, 15) is 0 Å². The first kappa shape index (κ1) is 11.8. The molecule has 0 spiro atoms. The summed E-state index contributed by atoms with van der Waals surface area (Å²) in [5.74, 6) is 1.55. The maximum Gasteiger partial charge on any atom is 0.123 e. The molecule has 2 heteroatoms. The molecule has 1 atom stereocenters. The molecule has 88 valence electrons. The van der Waals surface area contributed by atoms with Gasteiger partial charge in [0.05, 0.1) is 12.5 Å². The first-order valence-corrected chi connectivity index (χ1v) is 6.44. The molecule has 1 aliphatic rings. The zero-order chi connectivity index (χ0) is 11.5. The van der Waals surface area contributed by atoms with E-state index in [2.05, 4.69) is 19.1 Å². The molecule has 1 saturated carbocycles. The number of methoxy groups -OCH3 is 1. The quantitative estimate of drug-likeness (QED) is 0.706. The van der Waals surface area contributed by atoms with Gasteiger partial charge in [0.15, 0.2) is 0 Å². The molecule has 1 fully saturated rings. The van der Waals surface area contributed by atoms with E-state index in [1.54, 1.807) is 7.11 Å². The van der Waals surface area contributed by atoms with Crippen molar-refractivity contribution in [3.05, 3.63) is 29.3 Å². The maximum absolute atomic E-state index is 6.59. The number of ether oxygens (including phenoxy) is 1. The standard InChI is InChI=1S/C14H19ClO/c1-10-7-8-13(16-2)12(9-10)14(15)11-5-3-4-6-11/h7-9,11,14H,3-6H2,1-2H3. The molecule has 1 unspecified atom stereocenters. The van der Waals surface area contributed by atoms with Gasteiger partial charge in [-0.2, -0.15) is 0 Å². The molecular weight excluding hydrogens is 220 g/mol. The lowest BCUT2D eigenvalue weighted by Crippen LogP contribution is -2.05. The fourth-order valence-electron chi connectivity index (χ4n) is 2.57. The van der Waals surface area contributed by atoms with Gasteiger partial charge in [-0.3, -0.25) is 0 Å². The van der Waals surface area contributed by atoms with E-state index >= 15 is 0 Å². The Kier molecular flexibility index (Phi) is 3.75. The summed E-state index contributed by atoms with van der Waals surface area (Å²) in [4.78, 5) is 0. The van der Waals surface area contributed by atoms with Gasteiger partial charge >= 0.3 is 0 Å². The predicted molar refractivity (Wildman–Crippen MR) is 68.3 cm³/mol. The van der Waals surface area contributed by atoms with Crippen molar-refractivity contribution in [3.8, 4) is 5.75 Å². The van der Waals surface area contributed by atoms with E-state index in [-0.39, 0.29) is 5.38 Å². The highest BCUT2D eigenvalue weighted by Gasteiger charge is 2.26. The van der Waals surface area contributed by atoms with E-state index < -0.39 is 0 Å². The lowest BCUT2D eigenvalue weighted by molar-refractivity contribution is 0.402. The van der Waals surface area contributed by atoms with Gasteiger partial charge in [0.25, 0.3) is 0 Å². The van der Waals surface area contributed by atoms with Gasteiger partial charge in [-0.05, 0) is 31.7 Å². The van der Waals surface area contributed by atoms with Crippen LogP contribution in [0.15, 0.2) is 18.2 Å². The van der Waals surface area contributed by atoms with Crippen molar-refractivity contribution < 1.29 is 4.74 Å². The molecule has 0 aliphatic heterocycles. The highest BCUT2D eigenvalue weighted by molar-refractivity contribution is 6.21. The number of aryl methyl sites for hydroxylation is 1. The molecule has 0 N–H and O–H groups in total. The smallest absolute Gasteiger partial charge is 0.123 e. The molecule has 0 amide bonds. The summed E-state index contributed by atoms with van der Waals surface area (Å²) in [5.41, 5.74) is 2.41. The second-order valence-electron chi connectivity index (χ2n) is 4.69. The monoisotopic (exact) mass is 238 g/mol. The van der Waals surface area contributed by atoms with Crippen LogP contribution < -0.4 is 4.74 Å². The molecule has 0 heterocycles. The van der Waals surface area contributed by atoms with Gasteiger partial charge < -0.3 is 4.74 Å². The average molecular weight is 239 g/mol. The minimum absolute atomic E-state index is 0.109. The van der Waals surface area contributed by atoms with Crippen LogP contribution in [0.5, 0.6) is 5.75 Å². The zero-order valence-electron chi connectivity index (χ0n) is 10.0. The Balaban J connectivity index is 2.26. The zero-order valence-corrected chi connectivity index (χ0v) is 10.8. The van der Waals surface area contributed by atoms with Gasteiger partial charge in [0.2, 0.25) is 0 Å². The second kappa shape index (κ2) is 5.09.